The zero-order valence-corrected chi connectivity index (χ0v) is 12.1. The van der Waals surface area contributed by atoms with E-state index in [1.54, 1.807) is 31.2 Å². The number of aliphatic hydroxyl groups is 1. The van der Waals surface area contributed by atoms with E-state index < -0.39 is 6.10 Å². The van der Waals surface area contributed by atoms with Crippen LogP contribution in [0.3, 0.4) is 0 Å². The van der Waals surface area contributed by atoms with Crippen molar-refractivity contribution < 1.29 is 14.6 Å². The third-order valence-electron chi connectivity index (χ3n) is 3.62. The number of nitrogens with zero attached hydrogens (tertiary/aromatic N) is 1. The molecule has 0 spiro atoms. The lowest BCUT2D eigenvalue weighted by molar-refractivity contribution is -0.128. The molecule has 0 bridgehead atoms. The molecule has 2 unspecified atom stereocenters. The fourth-order valence-electron chi connectivity index (χ4n) is 2.23. The van der Waals surface area contributed by atoms with Gasteiger partial charge in [-0.15, -0.1) is 0 Å². The van der Waals surface area contributed by atoms with Crippen molar-refractivity contribution in [3.63, 3.8) is 0 Å². The Balaban J connectivity index is 1.87. The van der Waals surface area contributed by atoms with Gasteiger partial charge in [-0.05, 0) is 56.4 Å². The van der Waals surface area contributed by atoms with Crippen LogP contribution in [0.25, 0.3) is 0 Å². The molecule has 1 saturated carbocycles. The van der Waals surface area contributed by atoms with E-state index in [-0.39, 0.29) is 18.6 Å². The fourth-order valence-corrected chi connectivity index (χ4v) is 2.23. The van der Waals surface area contributed by atoms with Gasteiger partial charge in [-0.1, -0.05) is 0 Å². The zero-order chi connectivity index (χ0) is 15.2. The number of hydrogen-bond acceptors (Lipinski definition) is 4. The van der Waals surface area contributed by atoms with Crippen molar-refractivity contribution in [3.8, 4) is 11.8 Å². The van der Waals surface area contributed by atoms with Gasteiger partial charge in [0.15, 0.2) is 6.10 Å². The number of nitrogens with one attached hydrogen (secondary N) is 1. The molecular weight excluding hydrogens is 268 g/mol. The summed E-state index contributed by atoms with van der Waals surface area (Å²) in [6.45, 7) is 1.77. The molecule has 1 aliphatic rings. The van der Waals surface area contributed by atoms with Crippen molar-refractivity contribution in [3.05, 3.63) is 29.8 Å². The van der Waals surface area contributed by atoms with E-state index in [2.05, 4.69) is 5.32 Å². The van der Waals surface area contributed by atoms with E-state index in [4.69, 9.17) is 15.1 Å². The van der Waals surface area contributed by atoms with Crippen LogP contribution in [0.5, 0.6) is 5.75 Å². The molecule has 1 fully saturated rings. The van der Waals surface area contributed by atoms with Crippen molar-refractivity contribution in [1.29, 1.82) is 5.26 Å². The number of nitriles is 1. The van der Waals surface area contributed by atoms with Crippen molar-refractivity contribution in [1.82, 2.24) is 5.32 Å². The van der Waals surface area contributed by atoms with Crippen LogP contribution in [-0.2, 0) is 4.79 Å². The van der Waals surface area contributed by atoms with Crippen LogP contribution >= 0.6 is 0 Å². The predicted molar refractivity (Wildman–Crippen MR) is 77.6 cm³/mol. The highest BCUT2D eigenvalue weighted by molar-refractivity contribution is 5.81. The quantitative estimate of drug-likeness (QED) is 0.798. The zero-order valence-electron chi connectivity index (χ0n) is 12.1. The van der Waals surface area contributed by atoms with E-state index in [0.29, 0.717) is 23.7 Å². The third-order valence-corrected chi connectivity index (χ3v) is 3.62. The summed E-state index contributed by atoms with van der Waals surface area (Å²) in [5.74, 6) is 0.870. The van der Waals surface area contributed by atoms with Crippen LogP contribution in [0.1, 0.15) is 31.7 Å². The SMILES string of the molecule is CC(Oc1ccc(C#N)cc1)C(=O)NC(CCO)C1CC1. The summed E-state index contributed by atoms with van der Waals surface area (Å²) >= 11 is 0. The Bertz CT molecular complexity index is 517. The summed E-state index contributed by atoms with van der Waals surface area (Å²) in [5, 5.41) is 20.7. The monoisotopic (exact) mass is 288 g/mol. The molecule has 2 N–H and O–H groups in total. The molecule has 0 heterocycles. The molecule has 0 aromatic heterocycles. The molecule has 2 atom stereocenters. The van der Waals surface area contributed by atoms with Crippen LogP contribution in [0.15, 0.2) is 24.3 Å². The second-order valence-electron chi connectivity index (χ2n) is 5.36. The first-order valence-electron chi connectivity index (χ1n) is 7.22. The number of ether oxygens (including phenoxy) is 1. The summed E-state index contributed by atoms with van der Waals surface area (Å²) in [4.78, 5) is 12.1. The van der Waals surface area contributed by atoms with Gasteiger partial charge in [0, 0.05) is 12.6 Å². The summed E-state index contributed by atoms with van der Waals surface area (Å²) in [6.07, 6.45) is 2.18. The standard InChI is InChI=1S/C16H20N2O3/c1-11(21-14-6-2-12(10-17)3-7-14)16(20)18-15(8-9-19)13-4-5-13/h2-3,6-7,11,13,15,19H,4-5,8-9H2,1H3,(H,18,20). The van der Waals surface area contributed by atoms with Gasteiger partial charge < -0.3 is 15.2 Å². The van der Waals surface area contributed by atoms with E-state index in [1.165, 1.54) is 0 Å². The van der Waals surface area contributed by atoms with Gasteiger partial charge in [-0.25, -0.2) is 0 Å². The van der Waals surface area contributed by atoms with E-state index in [0.717, 1.165) is 12.8 Å². The number of hydrogen-bond donors (Lipinski definition) is 2. The lowest BCUT2D eigenvalue weighted by Gasteiger charge is -2.20. The Labute approximate surface area is 124 Å². The first kappa shape index (κ1) is 15.3. The molecule has 1 aromatic carbocycles. The van der Waals surface area contributed by atoms with Crippen LogP contribution in [0, 0.1) is 17.2 Å². The molecule has 5 nitrogen and oxygen atoms in total. The molecule has 112 valence electrons. The predicted octanol–water partition coefficient (Wildman–Crippen LogP) is 1.60. The highest BCUT2D eigenvalue weighted by Crippen LogP contribution is 2.34. The number of aliphatic hydroxyl groups excluding tert-OH is 1. The number of carbonyl (C=O) groups is 1. The van der Waals surface area contributed by atoms with Crippen molar-refractivity contribution in [2.24, 2.45) is 5.92 Å². The lowest BCUT2D eigenvalue weighted by Crippen LogP contribution is -2.44. The summed E-state index contributed by atoms with van der Waals surface area (Å²) in [6, 6.07) is 8.72. The molecule has 0 saturated heterocycles. The van der Waals surface area contributed by atoms with E-state index >= 15 is 0 Å². The van der Waals surface area contributed by atoms with Gasteiger partial charge in [0.2, 0.25) is 0 Å². The molecular formula is C16H20N2O3. The highest BCUT2D eigenvalue weighted by Gasteiger charge is 2.32. The van der Waals surface area contributed by atoms with Gasteiger partial charge in [0.05, 0.1) is 11.6 Å². The third kappa shape index (κ3) is 4.47. The van der Waals surface area contributed by atoms with Gasteiger partial charge >= 0.3 is 0 Å². The van der Waals surface area contributed by atoms with Crippen molar-refractivity contribution in [2.75, 3.05) is 6.61 Å². The maximum absolute atomic E-state index is 12.1. The number of benzene rings is 1. The van der Waals surface area contributed by atoms with Crippen LogP contribution in [0.2, 0.25) is 0 Å². The molecule has 0 radical (unpaired) electrons. The fraction of sp³-hybridized carbons (Fsp3) is 0.500. The average Bonchev–Trinajstić information content (AvgIpc) is 3.32. The number of carbonyl (C=O) groups excluding carboxylic acids is 1. The second kappa shape index (κ2) is 7.09. The highest BCUT2D eigenvalue weighted by atomic mass is 16.5. The molecule has 5 heteroatoms. The minimum Gasteiger partial charge on any atom is -0.481 e. The lowest BCUT2D eigenvalue weighted by atomic mass is 10.1. The van der Waals surface area contributed by atoms with E-state index in [1.807, 2.05) is 6.07 Å². The van der Waals surface area contributed by atoms with Crippen molar-refractivity contribution >= 4 is 5.91 Å². The minimum atomic E-state index is -0.613. The molecule has 21 heavy (non-hydrogen) atoms. The smallest absolute Gasteiger partial charge is 0.261 e. The van der Waals surface area contributed by atoms with Crippen LogP contribution in [-0.4, -0.2) is 29.8 Å². The van der Waals surface area contributed by atoms with Crippen LogP contribution < -0.4 is 10.1 Å². The molecule has 0 aliphatic heterocycles. The molecule has 1 amide bonds. The maximum atomic E-state index is 12.1. The van der Waals surface area contributed by atoms with Crippen LogP contribution in [0.4, 0.5) is 0 Å². The largest absolute Gasteiger partial charge is 0.481 e. The topological polar surface area (TPSA) is 82.3 Å². The van der Waals surface area contributed by atoms with Gasteiger partial charge in [-0.3, -0.25) is 4.79 Å². The van der Waals surface area contributed by atoms with Gasteiger partial charge in [-0.2, -0.15) is 5.26 Å². The Kier molecular flexibility index (Phi) is 5.18. The Hall–Kier alpha value is -2.06. The summed E-state index contributed by atoms with van der Waals surface area (Å²) in [5.41, 5.74) is 0.552. The molecule has 1 aliphatic carbocycles. The van der Waals surface area contributed by atoms with E-state index in [9.17, 15) is 4.79 Å². The first-order valence-corrected chi connectivity index (χ1v) is 7.22. The number of amides is 1. The molecule has 1 aromatic rings. The normalized spacial score (nSPS) is 16.6. The number of rotatable bonds is 7. The Morgan fingerprint density at radius 2 is 2.14 bits per heavy atom. The Morgan fingerprint density at radius 3 is 2.67 bits per heavy atom. The summed E-state index contributed by atoms with van der Waals surface area (Å²) in [7, 11) is 0. The minimum absolute atomic E-state index is 0.0366. The van der Waals surface area contributed by atoms with Gasteiger partial charge in [0.25, 0.3) is 5.91 Å². The maximum Gasteiger partial charge on any atom is 0.261 e. The summed E-state index contributed by atoms with van der Waals surface area (Å²) < 4.78 is 5.57. The molecule has 2 rings (SSSR count). The Morgan fingerprint density at radius 1 is 1.48 bits per heavy atom. The second-order valence-corrected chi connectivity index (χ2v) is 5.36. The van der Waals surface area contributed by atoms with Gasteiger partial charge in [0.1, 0.15) is 5.75 Å². The first-order chi connectivity index (χ1) is 10.1. The van der Waals surface area contributed by atoms with Crippen molar-refractivity contribution in [2.45, 2.75) is 38.3 Å². The average molecular weight is 288 g/mol.